The molecule has 0 unspecified atom stereocenters. The number of hydrogen-bond donors (Lipinski definition) is 0. The summed E-state index contributed by atoms with van der Waals surface area (Å²) < 4.78 is 1.64. The summed E-state index contributed by atoms with van der Waals surface area (Å²) in [4.78, 5) is 45.6. The van der Waals surface area contributed by atoms with Crippen molar-refractivity contribution in [1.29, 1.82) is 0 Å². The van der Waals surface area contributed by atoms with Crippen molar-refractivity contribution in [3.05, 3.63) is 83.4 Å². The van der Waals surface area contributed by atoms with E-state index in [2.05, 4.69) is 10.1 Å². The maximum Gasteiger partial charge on any atom is 0.363 e. The predicted molar refractivity (Wildman–Crippen MR) is 87.9 cm³/mol. The van der Waals surface area contributed by atoms with Crippen LogP contribution in [0.1, 0.15) is 36.6 Å². The minimum Gasteiger partial charge on any atom is -0.324 e. The molecule has 0 N–H and O–H groups in total. The maximum absolute atomic E-state index is 12.3. The zero-order valence-corrected chi connectivity index (χ0v) is 13.4. The fourth-order valence-corrected chi connectivity index (χ4v) is 2.63. The Balaban J connectivity index is 1.47. The van der Waals surface area contributed by atoms with Crippen molar-refractivity contribution in [2.45, 2.75) is 6.54 Å². The first-order valence-corrected chi connectivity index (χ1v) is 7.75. The normalized spacial score (nSPS) is 13.0. The monoisotopic (exact) mass is 348 g/mol. The maximum atomic E-state index is 12.3. The van der Waals surface area contributed by atoms with E-state index in [-0.39, 0.29) is 16.7 Å². The summed E-state index contributed by atoms with van der Waals surface area (Å²) in [7, 11) is 0. The van der Waals surface area contributed by atoms with Crippen LogP contribution in [0, 0.1) is 0 Å². The summed E-state index contributed by atoms with van der Waals surface area (Å²) in [5, 5.41) is 4.50. The minimum atomic E-state index is -0.785. The SMILES string of the molecule is O=C(ON1C(=O)c2ccccc2C1=O)c1ccc(Cn2cncn2)cc1. The van der Waals surface area contributed by atoms with Gasteiger partial charge >= 0.3 is 5.97 Å². The molecule has 4 rings (SSSR count). The van der Waals surface area contributed by atoms with Crippen LogP contribution < -0.4 is 0 Å². The molecule has 1 aromatic heterocycles. The number of benzene rings is 2. The smallest absolute Gasteiger partial charge is 0.324 e. The van der Waals surface area contributed by atoms with Crippen LogP contribution in [0.5, 0.6) is 0 Å². The highest BCUT2D eigenvalue weighted by Crippen LogP contribution is 2.23. The molecule has 0 atom stereocenters. The van der Waals surface area contributed by atoms with Gasteiger partial charge in [-0.25, -0.2) is 14.5 Å². The quantitative estimate of drug-likeness (QED) is 0.666. The molecule has 26 heavy (non-hydrogen) atoms. The van der Waals surface area contributed by atoms with Gasteiger partial charge in [0.2, 0.25) is 0 Å². The molecule has 0 aliphatic carbocycles. The third kappa shape index (κ3) is 2.73. The Bertz CT molecular complexity index is 961. The number of hydroxylamine groups is 2. The summed E-state index contributed by atoms with van der Waals surface area (Å²) in [5.41, 5.74) is 1.57. The van der Waals surface area contributed by atoms with E-state index in [4.69, 9.17) is 4.84 Å². The molecule has 8 heteroatoms. The molecule has 0 bridgehead atoms. The van der Waals surface area contributed by atoms with Crippen molar-refractivity contribution in [1.82, 2.24) is 19.8 Å². The first-order valence-electron chi connectivity index (χ1n) is 7.75. The summed E-state index contributed by atoms with van der Waals surface area (Å²) in [5.74, 6) is -2.09. The van der Waals surface area contributed by atoms with Crippen LogP contribution in [0.4, 0.5) is 0 Å². The Hall–Kier alpha value is -3.81. The van der Waals surface area contributed by atoms with E-state index in [1.165, 1.54) is 18.5 Å². The number of aromatic nitrogens is 3. The Morgan fingerprint density at radius 1 is 0.962 bits per heavy atom. The molecule has 0 saturated carbocycles. The average molecular weight is 348 g/mol. The van der Waals surface area contributed by atoms with Crippen LogP contribution >= 0.6 is 0 Å². The standard InChI is InChI=1S/C18H12N4O4/c23-16-14-3-1-2-4-15(14)17(24)22(16)26-18(25)13-7-5-12(6-8-13)9-21-11-19-10-20-21/h1-8,10-11H,9H2. The first kappa shape index (κ1) is 15.7. The van der Waals surface area contributed by atoms with Gasteiger partial charge in [0.25, 0.3) is 11.8 Å². The number of fused-ring (bicyclic) bond motifs is 1. The van der Waals surface area contributed by atoms with E-state index in [1.807, 2.05) is 0 Å². The molecular formula is C18H12N4O4. The molecule has 2 aromatic carbocycles. The molecule has 0 fully saturated rings. The van der Waals surface area contributed by atoms with Crippen molar-refractivity contribution >= 4 is 17.8 Å². The van der Waals surface area contributed by atoms with Gasteiger partial charge < -0.3 is 4.84 Å². The van der Waals surface area contributed by atoms with Crippen molar-refractivity contribution in [3.8, 4) is 0 Å². The molecule has 0 radical (unpaired) electrons. The second-order valence-corrected chi connectivity index (χ2v) is 5.62. The number of nitrogens with zero attached hydrogens (tertiary/aromatic N) is 4. The highest BCUT2D eigenvalue weighted by Gasteiger charge is 2.38. The second kappa shape index (κ2) is 6.25. The molecule has 0 spiro atoms. The molecular weight excluding hydrogens is 336 g/mol. The second-order valence-electron chi connectivity index (χ2n) is 5.62. The van der Waals surface area contributed by atoms with Crippen LogP contribution in [-0.4, -0.2) is 37.6 Å². The van der Waals surface area contributed by atoms with E-state index in [0.29, 0.717) is 11.6 Å². The van der Waals surface area contributed by atoms with Crippen molar-refractivity contribution < 1.29 is 19.2 Å². The van der Waals surface area contributed by atoms with Crippen molar-refractivity contribution in [3.63, 3.8) is 0 Å². The average Bonchev–Trinajstić information content (AvgIpc) is 3.25. The number of amides is 2. The fraction of sp³-hybridized carbons (Fsp3) is 0.0556. The molecule has 1 aliphatic rings. The summed E-state index contributed by atoms with van der Waals surface area (Å²) >= 11 is 0. The van der Waals surface area contributed by atoms with Crippen molar-refractivity contribution in [2.75, 3.05) is 0 Å². The van der Waals surface area contributed by atoms with Gasteiger partial charge in [0.15, 0.2) is 0 Å². The van der Waals surface area contributed by atoms with Crippen LogP contribution in [-0.2, 0) is 11.4 Å². The molecule has 1 aliphatic heterocycles. The Kier molecular flexibility index (Phi) is 3.77. The van der Waals surface area contributed by atoms with Crippen LogP contribution in [0.25, 0.3) is 0 Å². The van der Waals surface area contributed by atoms with Crippen LogP contribution in [0.15, 0.2) is 61.2 Å². The van der Waals surface area contributed by atoms with E-state index in [0.717, 1.165) is 5.56 Å². The highest BCUT2D eigenvalue weighted by atomic mass is 16.7. The third-order valence-corrected chi connectivity index (χ3v) is 3.93. The lowest BCUT2D eigenvalue weighted by Gasteiger charge is -2.12. The van der Waals surface area contributed by atoms with Gasteiger partial charge in [0.1, 0.15) is 12.7 Å². The summed E-state index contributed by atoms with van der Waals surface area (Å²) in [6, 6.07) is 12.9. The summed E-state index contributed by atoms with van der Waals surface area (Å²) in [6.45, 7) is 0.508. The van der Waals surface area contributed by atoms with Crippen LogP contribution in [0.3, 0.4) is 0 Å². The number of hydrogen-bond acceptors (Lipinski definition) is 6. The van der Waals surface area contributed by atoms with Gasteiger partial charge in [-0.05, 0) is 29.8 Å². The fourth-order valence-electron chi connectivity index (χ4n) is 2.63. The van der Waals surface area contributed by atoms with Crippen LogP contribution in [0.2, 0.25) is 0 Å². The first-order chi connectivity index (χ1) is 12.6. The van der Waals surface area contributed by atoms with Crippen molar-refractivity contribution in [2.24, 2.45) is 0 Å². The topological polar surface area (TPSA) is 94.4 Å². The summed E-state index contributed by atoms with van der Waals surface area (Å²) in [6.07, 6.45) is 3.03. The van der Waals surface area contributed by atoms with E-state index >= 15 is 0 Å². The van der Waals surface area contributed by atoms with E-state index < -0.39 is 17.8 Å². The number of rotatable bonds is 4. The molecule has 2 amide bonds. The Morgan fingerprint density at radius 3 is 2.19 bits per heavy atom. The highest BCUT2D eigenvalue weighted by molar-refractivity contribution is 6.21. The molecule has 3 aromatic rings. The number of imide groups is 1. The number of carbonyl (C=O) groups is 3. The van der Waals surface area contributed by atoms with Gasteiger partial charge in [-0.1, -0.05) is 29.3 Å². The third-order valence-electron chi connectivity index (χ3n) is 3.93. The lowest BCUT2D eigenvalue weighted by atomic mass is 10.1. The minimum absolute atomic E-state index is 0.216. The lowest BCUT2D eigenvalue weighted by Crippen LogP contribution is -2.32. The zero-order chi connectivity index (χ0) is 18.1. The van der Waals surface area contributed by atoms with Gasteiger partial charge in [-0.2, -0.15) is 5.10 Å². The van der Waals surface area contributed by atoms with E-state index in [1.54, 1.807) is 47.4 Å². The number of carbonyl (C=O) groups excluding carboxylic acids is 3. The zero-order valence-electron chi connectivity index (χ0n) is 13.4. The lowest BCUT2D eigenvalue weighted by molar-refractivity contribution is -0.0584. The van der Waals surface area contributed by atoms with Gasteiger partial charge in [-0.3, -0.25) is 9.59 Å². The molecule has 0 saturated heterocycles. The molecule has 128 valence electrons. The molecule has 2 heterocycles. The predicted octanol–water partition coefficient (Wildman–Crippen LogP) is 1.69. The van der Waals surface area contributed by atoms with E-state index in [9.17, 15) is 14.4 Å². The van der Waals surface area contributed by atoms with Gasteiger partial charge in [0.05, 0.1) is 23.2 Å². The Labute approximate surface area is 147 Å². The largest absolute Gasteiger partial charge is 0.363 e. The van der Waals surface area contributed by atoms with Gasteiger partial charge in [0, 0.05) is 0 Å². The van der Waals surface area contributed by atoms with Gasteiger partial charge in [-0.15, -0.1) is 0 Å². The molecule has 8 nitrogen and oxygen atoms in total. The Morgan fingerprint density at radius 2 is 1.62 bits per heavy atom.